The number of nitriles is 2. The van der Waals surface area contributed by atoms with Gasteiger partial charge in [-0.25, -0.2) is 0 Å². The molecule has 26 heavy (non-hydrogen) atoms. The highest BCUT2D eigenvalue weighted by Crippen LogP contribution is 2.40. The van der Waals surface area contributed by atoms with E-state index in [2.05, 4.69) is 8.75 Å². The first-order chi connectivity index (χ1) is 12.7. The van der Waals surface area contributed by atoms with E-state index in [0.29, 0.717) is 27.8 Å². The van der Waals surface area contributed by atoms with Crippen molar-refractivity contribution in [2.45, 2.75) is 6.92 Å². The molecule has 1 aliphatic rings. The molecule has 0 radical (unpaired) electrons. The summed E-state index contributed by atoms with van der Waals surface area (Å²) in [7, 11) is 0. The fourth-order valence-electron chi connectivity index (χ4n) is 3.13. The lowest BCUT2D eigenvalue weighted by atomic mass is 9.97. The number of aryl methyl sites for hydroxylation is 1. The van der Waals surface area contributed by atoms with Gasteiger partial charge in [0.25, 0.3) is 0 Å². The van der Waals surface area contributed by atoms with Crippen molar-refractivity contribution < 1.29 is 4.79 Å². The smallest absolute Gasteiger partial charge is 0.194 e. The van der Waals surface area contributed by atoms with Crippen LogP contribution < -0.4 is 0 Å². The SMILES string of the molecule is Cc1ccc(/C=C2\C(=O)c3ccccc3C2=C(C#N)C#N)c2nsnc12. The number of carbonyl (C=O) groups excluding carboxylic acids is 1. The summed E-state index contributed by atoms with van der Waals surface area (Å²) in [4.78, 5) is 12.9. The van der Waals surface area contributed by atoms with Gasteiger partial charge in [-0.2, -0.15) is 19.3 Å². The largest absolute Gasteiger partial charge is 0.289 e. The molecule has 0 saturated heterocycles. The maximum Gasteiger partial charge on any atom is 0.194 e. The van der Waals surface area contributed by atoms with Gasteiger partial charge in [-0.05, 0) is 24.1 Å². The molecule has 1 aliphatic carbocycles. The Hall–Kier alpha value is -3.61. The zero-order chi connectivity index (χ0) is 18.3. The Labute approximate surface area is 153 Å². The van der Waals surface area contributed by atoms with Crippen molar-refractivity contribution in [3.63, 3.8) is 0 Å². The van der Waals surface area contributed by atoms with Gasteiger partial charge in [0.2, 0.25) is 0 Å². The van der Waals surface area contributed by atoms with Crippen LogP contribution in [-0.2, 0) is 0 Å². The van der Waals surface area contributed by atoms with Crippen LogP contribution in [0.25, 0.3) is 22.7 Å². The molecule has 0 saturated carbocycles. The van der Waals surface area contributed by atoms with E-state index in [9.17, 15) is 15.3 Å². The summed E-state index contributed by atoms with van der Waals surface area (Å²) in [5, 5.41) is 18.7. The van der Waals surface area contributed by atoms with Crippen molar-refractivity contribution >= 4 is 40.2 Å². The Balaban J connectivity index is 2.03. The van der Waals surface area contributed by atoms with Crippen LogP contribution in [0.2, 0.25) is 0 Å². The van der Waals surface area contributed by atoms with Crippen LogP contribution >= 0.6 is 11.7 Å². The molecule has 3 aromatic rings. The van der Waals surface area contributed by atoms with Crippen LogP contribution in [0, 0.1) is 29.6 Å². The molecule has 0 fully saturated rings. The minimum absolute atomic E-state index is 0.0747. The Bertz CT molecular complexity index is 1220. The summed E-state index contributed by atoms with van der Waals surface area (Å²) < 4.78 is 8.63. The molecular weight excluding hydrogens is 344 g/mol. The number of ketones is 1. The van der Waals surface area contributed by atoms with E-state index in [1.807, 2.05) is 31.2 Å². The molecule has 4 rings (SSSR count). The average molecular weight is 354 g/mol. The second-order valence-corrected chi connectivity index (χ2v) is 6.37. The highest BCUT2D eigenvalue weighted by Gasteiger charge is 2.32. The van der Waals surface area contributed by atoms with E-state index in [-0.39, 0.29) is 11.4 Å². The quantitative estimate of drug-likeness (QED) is 0.485. The summed E-state index contributed by atoms with van der Waals surface area (Å²) in [6, 6.07) is 14.6. The van der Waals surface area contributed by atoms with E-state index < -0.39 is 0 Å². The number of fused-ring (bicyclic) bond motifs is 2. The third-order valence-electron chi connectivity index (χ3n) is 4.38. The molecule has 0 bridgehead atoms. The van der Waals surface area contributed by atoms with Crippen LogP contribution in [0.15, 0.2) is 47.5 Å². The highest BCUT2D eigenvalue weighted by atomic mass is 32.1. The van der Waals surface area contributed by atoms with Gasteiger partial charge in [-0.1, -0.05) is 36.4 Å². The van der Waals surface area contributed by atoms with Gasteiger partial charge >= 0.3 is 0 Å². The summed E-state index contributed by atoms with van der Waals surface area (Å²) in [5.74, 6) is -0.199. The lowest BCUT2D eigenvalue weighted by Gasteiger charge is -2.03. The fraction of sp³-hybridized carbons (Fsp3) is 0.0500. The Kier molecular flexibility index (Phi) is 3.69. The first kappa shape index (κ1) is 15.9. The zero-order valence-corrected chi connectivity index (χ0v) is 14.5. The molecule has 5 nitrogen and oxygen atoms in total. The third kappa shape index (κ3) is 2.25. The number of nitrogens with zero attached hydrogens (tertiary/aromatic N) is 4. The second-order valence-electron chi connectivity index (χ2n) is 5.84. The molecule has 0 N–H and O–H groups in total. The van der Waals surface area contributed by atoms with E-state index in [0.717, 1.165) is 28.4 Å². The van der Waals surface area contributed by atoms with E-state index in [4.69, 9.17) is 0 Å². The van der Waals surface area contributed by atoms with Crippen molar-refractivity contribution in [1.82, 2.24) is 8.75 Å². The number of rotatable bonds is 1. The number of hydrogen-bond donors (Lipinski definition) is 0. The van der Waals surface area contributed by atoms with E-state index in [1.165, 1.54) is 0 Å². The molecule has 2 aromatic carbocycles. The van der Waals surface area contributed by atoms with Crippen LogP contribution in [0.5, 0.6) is 0 Å². The highest BCUT2D eigenvalue weighted by molar-refractivity contribution is 7.00. The second kappa shape index (κ2) is 6.03. The van der Waals surface area contributed by atoms with Gasteiger partial charge < -0.3 is 0 Å². The van der Waals surface area contributed by atoms with Crippen LogP contribution in [0.1, 0.15) is 27.0 Å². The predicted molar refractivity (Wildman–Crippen MR) is 99.0 cm³/mol. The minimum atomic E-state index is -0.199. The first-order valence-corrected chi connectivity index (χ1v) is 8.51. The summed E-state index contributed by atoms with van der Waals surface area (Å²) in [5.41, 5.74) is 4.99. The van der Waals surface area contributed by atoms with Crippen molar-refractivity contribution in [3.05, 3.63) is 69.8 Å². The minimum Gasteiger partial charge on any atom is -0.289 e. The first-order valence-electron chi connectivity index (χ1n) is 7.78. The molecule has 0 atom stereocenters. The Morgan fingerprint density at radius 3 is 2.46 bits per heavy atom. The fourth-order valence-corrected chi connectivity index (χ4v) is 3.75. The summed E-state index contributed by atoms with van der Waals surface area (Å²) in [6.07, 6.45) is 1.70. The van der Waals surface area contributed by atoms with Gasteiger partial charge in [0.05, 0.1) is 11.7 Å². The normalized spacial score (nSPS) is 14.3. The zero-order valence-electron chi connectivity index (χ0n) is 13.6. The van der Waals surface area contributed by atoms with E-state index >= 15 is 0 Å². The van der Waals surface area contributed by atoms with Crippen LogP contribution in [0.4, 0.5) is 0 Å². The van der Waals surface area contributed by atoms with Crippen LogP contribution in [0.3, 0.4) is 0 Å². The predicted octanol–water partition coefficient (Wildman–Crippen LogP) is 4.08. The number of benzene rings is 2. The van der Waals surface area contributed by atoms with Crippen molar-refractivity contribution in [3.8, 4) is 12.1 Å². The van der Waals surface area contributed by atoms with E-state index in [1.54, 1.807) is 30.3 Å². The molecule has 6 heteroatoms. The third-order valence-corrected chi connectivity index (χ3v) is 4.91. The summed E-state index contributed by atoms with van der Waals surface area (Å²) in [6.45, 7) is 1.95. The van der Waals surface area contributed by atoms with Gasteiger partial charge in [0.15, 0.2) is 5.78 Å². The molecular formula is C20H10N4OS. The number of allylic oxidation sites excluding steroid dienone is 3. The molecule has 0 spiro atoms. The lowest BCUT2D eigenvalue weighted by Crippen LogP contribution is -1.96. The lowest BCUT2D eigenvalue weighted by molar-refractivity contribution is 0.104. The Morgan fingerprint density at radius 2 is 1.73 bits per heavy atom. The number of hydrogen-bond acceptors (Lipinski definition) is 6. The number of Topliss-reactive ketones (excluding diaryl/α,β-unsaturated/α-hetero) is 1. The standard InChI is InChI=1S/C20H10N4OS/c1-11-6-7-12(19-18(11)23-26-24-19)8-16-17(13(9-21)10-22)14-4-2-3-5-15(14)20(16)25/h2-8H,1H3/b16-8-. The van der Waals surface area contributed by atoms with Gasteiger partial charge in [0.1, 0.15) is 28.7 Å². The molecule has 1 heterocycles. The maximum absolute atomic E-state index is 12.9. The molecule has 0 aliphatic heterocycles. The topological polar surface area (TPSA) is 90.4 Å². The monoisotopic (exact) mass is 354 g/mol. The maximum atomic E-state index is 12.9. The number of aromatic nitrogens is 2. The van der Waals surface area contributed by atoms with Gasteiger partial charge in [-0.3, -0.25) is 4.79 Å². The van der Waals surface area contributed by atoms with Crippen molar-refractivity contribution in [1.29, 1.82) is 10.5 Å². The Morgan fingerprint density at radius 1 is 1.04 bits per heavy atom. The average Bonchev–Trinajstić information content (AvgIpc) is 3.25. The molecule has 0 unspecified atom stereocenters. The van der Waals surface area contributed by atoms with Gasteiger partial charge in [-0.15, -0.1) is 0 Å². The van der Waals surface area contributed by atoms with Crippen molar-refractivity contribution in [2.75, 3.05) is 0 Å². The molecule has 0 amide bonds. The number of carbonyl (C=O) groups is 1. The molecule has 1 aromatic heterocycles. The van der Waals surface area contributed by atoms with Crippen LogP contribution in [-0.4, -0.2) is 14.5 Å². The van der Waals surface area contributed by atoms with Gasteiger partial charge in [0, 0.05) is 22.3 Å². The molecule has 122 valence electrons. The summed E-state index contributed by atoms with van der Waals surface area (Å²) >= 11 is 1.11. The van der Waals surface area contributed by atoms with Crippen molar-refractivity contribution in [2.24, 2.45) is 0 Å².